The largest absolute Gasteiger partial charge is 0.493 e. The second-order valence-corrected chi connectivity index (χ2v) is 4.54. The topological polar surface area (TPSA) is 62.3 Å². The molecule has 2 aromatic rings. The van der Waals surface area contributed by atoms with Crippen molar-refractivity contribution in [1.29, 1.82) is 0 Å². The molecule has 1 heterocycles. The number of aryl methyl sites for hydroxylation is 1. The monoisotopic (exact) mass is 281 g/mol. The van der Waals surface area contributed by atoms with Gasteiger partial charge in [0.15, 0.2) is 11.5 Å². The van der Waals surface area contributed by atoms with Gasteiger partial charge in [-0.2, -0.15) is 5.10 Å². The fourth-order valence-electron chi connectivity index (χ4n) is 1.93. The molecule has 0 fully saturated rings. The molecule has 2 rings (SSSR count). The molecule has 1 aromatic heterocycles. The van der Waals surface area contributed by atoms with Crippen molar-refractivity contribution in [3.8, 4) is 17.2 Å². The van der Waals surface area contributed by atoms with Crippen molar-refractivity contribution in [2.24, 2.45) is 0 Å². The Kier molecular flexibility index (Phi) is 3.57. The Morgan fingerprint density at radius 2 is 1.74 bits per heavy atom. The molecule has 0 saturated carbocycles. The molecule has 102 valence electrons. The first-order valence-corrected chi connectivity index (χ1v) is 6.11. The zero-order chi connectivity index (χ0) is 14.2. The number of nitrogen functional groups attached to an aromatic ring is 1. The van der Waals surface area contributed by atoms with E-state index in [0.717, 1.165) is 11.4 Å². The highest BCUT2D eigenvalue weighted by Gasteiger charge is 2.16. The third-order valence-electron chi connectivity index (χ3n) is 2.96. The standard InChI is InChI=1S/C13H16ClN3O2/c1-7-13(14)8(2)17(16-7)10-6-12(19-4)11(18-3)5-9(10)15/h5-6H,15H2,1-4H3. The Labute approximate surface area is 116 Å². The van der Waals surface area contributed by atoms with Crippen molar-refractivity contribution in [1.82, 2.24) is 9.78 Å². The molecular formula is C13H16ClN3O2. The maximum atomic E-state index is 6.15. The molecule has 6 heteroatoms. The van der Waals surface area contributed by atoms with Crippen LogP contribution in [-0.2, 0) is 0 Å². The van der Waals surface area contributed by atoms with Crippen LogP contribution in [0.3, 0.4) is 0 Å². The van der Waals surface area contributed by atoms with Gasteiger partial charge in [-0.05, 0) is 13.8 Å². The van der Waals surface area contributed by atoms with E-state index in [9.17, 15) is 0 Å². The van der Waals surface area contributed by atoms with Gasteiger partial charge in [0.25, 0.3) is 0 Å². The molecule has 0 aliphatic carbocycles. The summed E-state index contributed by atoms with van der Waals surface area (Å²) in [6, 6.07) is 3.49. The molecule has 1 aromatic carbocycles. The smallest absolute Gasteiger partial charge is 0.163 e. The van der Waals surface area contributed by atoms with E-state index < -0.39 is 0 Å². The molecule has 19 heavy (non-hydrogen) atoms. The van der Waals surface area contributed by atoms with Crippen LogP contribution in [0.15, 0.2) is 12.1 Å². The number of anilines is 1. The van der Waals surface area contributed by atoms with E-state index >= 15 is 0 Å². The maximum Gasteiger partial charge on any atom is 0.163 e. The summed E-state index contributed by atoms with van der Waals surface area (Å²) in [5.41, 5.74) is 8.89. The summed E-state index contributed by atoms with van der Waals surface area (Å²) < 4.78 is 12.2. The van der Waals surface area contributed by atoms with E-state index in [1.807, 2.05) is 13.8 Å². The Balaban J connectivity index is 2.65. The second-order valence-electron chi connectivity index (χ2n) is 4.16. The van der Waals surface area contributed by atoms with Crippen LogP contribution in [0.2, 0.25) is 5.02 Å². The summed E-state index contributed by atoms with van der Waals surface area (Å²) in [6.45, 7) is 3.74. The van der Waals surface area contributed by atoms with Crippen molar-refractivity contribution < 1.29 is 9.47 Å². The number of hydrogen-bond donors (Lipinski definition) is 1. The lowest BCUT2D eigenvalue weighted by Gasteiger charge is -2.13. The number of halogens is 1. The molecule has 0 amide bonds. The average molecular weight is 282 g/mol. The normalized spacial score (nSPS) is 10.6. The molecule has 2 N–H and O–H groups in total. The first-order chi connectivity index (χ1) is 8.99. The molecule has 0 bridgehead atoms. The van der Waals surface area contributed by atoms with Gasteiger partial charge in [0.05, 0.1) is 42.0 Å². The van der Waals surface area contributed by atoms with Gasteiger partial charge < -0.3 is 15.2 Å². The van der Waals surface area contributed by atoms with Gasteiger partial charge in [-0.3, -0.25) is 0 Å². The van der Waals surface area contributed by atoms with Gasteiger partial charge in [0.1, 0.15) is 0 Å². The fraction of sp³-hybridized carbons (Fsp3) is 0.308. The maximum absolute atomic E-state index is 6.15. The predicted octanol–water partition coefficient (Wildman–Crippen LogP) is 2.74. The van der Waals surface area contributed by atoms with Crippen LogP contribution in [0.4, 0.5) is 5.69 Å². The van der Waals surface area contributed by atoms with Gasteiger partial charge in [-0.25, -0.2) is 4.68 Å². The minimum absolute atomic E-state index is 0.542. The van der Waals surface area contributed by atoms with Crippen LogP contribution in [0.5, 0.6) is 11.5 Å². The number of methoxy groups -OCH3 is 2. The Hall–Kier alpha value is -1.88. The van der Waals surface area contributed by atoms with Crippen LogP contribution >= 0.6 is 11.6 Å². The van der Waals surface area contributed by atoms with E-state index in [1.54, 1.807) is 31.0 Å². The third kappa shape index (κ3) is 2.21. The lowest BCUT2D eigenvalue weighted by atomic mass is 10.2. The molecule has 0 atom stereocenters. The zero-order valence-electron chi connectivity index (χ0n) is 11.3. The predicted molar refractivity (Wildman–Crippen MR) is 75.6 cm³/mol. The highest BCUT2D eigenvalue weighted by atomic mass is 35.5. The second kappa shape index (κ2) is 5.01. The van der Waals surface area contributed by atoms with Crippen molar-refractivity contribution >= 4 is 17.3 Å². The van der Waals surface area contributed by atoms with Crippen LogP contribution in [0, 0.1) is 13.8 Å². The molecule has 0 aliphatic heterocycles. The van der Waals surface area contributed by atoms with Crippen molar-refractivity contribution in [2.75, 3.05) is 20.0 Å². The number of benzene rings is 1. The Bertz CT molecular complexity index is 623. The van der Waals surface area contributed by atoms with Crippen molar-refractivity contribution in [3.63, 3.8) is 0 Å². The molecule has 0 unspecified atom stereocenters. The van der Waals surface area contributed by atoms with E-state index in [4.69, 9.17) is 26.8 Å². The van der Waals surface area contributed by atoms with Gasteiger partial charge in [-0.15, -0.1) is 0 Å². The Morgan fingerprint density at radius 1 is 1.16 bits per heavy atom. The number of rotatable bonds is 3. The third-order valence-corrected chi connectivity index (χ3v) is 3.51. The minimum atomic E-state index is 0.542. The SMILES string of the molecule is COc1cc(N)c(-n2nc(C)c(Cl)c2C)cc1OC. The van der Waals surface area contributed by atoms with Crippen molar-refractivity contribution in [3.05, 3.63) is 28.5 Å². The summed E-state index contributed by atoms with van der Waals surface area (Å²) in [5, 5.41) is 5.01. The molecule has 0 spiro atoms. The number of hydrogen-bond acceptors (Lipinski definition) is 4. The highest BCUT2D eigenvalue weighted by molar-refractivity contribution is 6.31. The van der Waals surface area contributed by atoms with Gasteiger partial charge in [0.2, 0.25) is 0 Å². The number of aromatic nitrogens is 2. The average Bonchev–Trinajstić information content (AvgIpc) is 2.66. The lowest BCUT2D eigenvalue weighted by molar-refractivity contribution is 0.355. The minimum Gasteiger partial charge on any atom is -0.493 e. The van der Waals surface area contributed by atoms with Crippen LogP contribution < -0.4 is 15.2 Å². The number of nitrogens with zero attached hydrogens (tertiary/aromatic N) is 2. The summed E-state index contributed by atoms with van der Waals surface area (Å²) in [4.78, 5) is 0. The quantitative estimate of drug-likeness (QED) is 0.879. The summed E-state index contributed by atoms with van der Waals surface area (Å²) >= 11 is 6.15. The molecular weight excluding hydrogens is 266 g/mol. The fourth-order valence-corrected chi connectivity index (χ4v) is 2.04. The number of nitrogens with two attached hydrogens (primary N) is 1. The first-order valence-electron chi connectivity index (χ1n) is 5.73. The summed E-state index contributed by atoms with van der Waals surface area (Å²) in [5.74, 6) is 1.17. The molecule has 5 nitrogen and oxygen atoms in total. The lowest BCUT2D eigenvalue weighted by Crippen LogP contribution is -2.05. The van der Waals surface area contributed by atoms with E-state index in [1.165, 1.54) is 0 Å². The van der Waals surface area contributed by atoms with E-state index in [2.05, 4.69) is 5.10 Å². The van der Waals surface area contributed by atoms with Gasteiger partial charge in [0, 0.05) is 12.1 Å². The van der Waals surface area contributed by atoms with Crippen molar-refractivity contribution in [2.45, 2.75) is 13.8 Å². The van der Waals surface area contributed by atoms with Crippen LogP contribution in [0.25, 0.3) is 5.69 Å². The van der Waals surface area contributed by atoms with E-state index in [-0.39, 0.29) is 0 Å². The highest BCUT2D eigenvalue weighted by Crippen LogP contribution is 2.35. The van der Waals surface area contributed by atoms with E-state index in [0.29, 0.717) is 27.9 Å². The molecule has 0 radical (unpaired) electrons. The van der Waals surface area contributed by atoms with Crippen LogP contribution in [0.1, 0.15) is 11.4 Å². The number of ether oxygens (including phenoxy) is 2. The molecule has 0 aliphatic rings. The molecule has 0 saturated heterocycles. The van der Waals surface area contributed by atoms with Gasteiger partial charge in [-0.1, -0.05) is 11.6 Å². The summed E-state index contributed by atoms with van der Waals surface area (Å²) in [7, 11) is 3.14. The van der Waals surface area contributed by atoms with Gasteiger partial charge >= 0.3 is 0 Å². The first kappa shape index (κ1) is 13.5. The summed E-state index contributed by atoms with van der Waals surface area (Å²) in [6.07, 6.45) is 0. The zero-order valence-corrected chi connectivity index (χ0v) is 12.1. The van der Waals surface area contributed by atoms with Crippen LogP contribution in [-0.4, -0.2) is 24.0 Å². The Morgan fingerprint density at radius 3 is 2.21 bits per heavy atom.